The molecule has 2 aromatic heterocycles. The molecule has 0 aliphatic rings. The average Bonchev–Trinajstić information content (AvgIpc) is 3.22. The Hall–Kier alpha value is -2.98. The summed E-state index contributed by atoms with van der Waals surface area (Å²) in [4.78, 5) is 4.81. The Kier molecular flexibility index (Phi) is 3.40. The third-order valence-electron chi connectivity index (χ3n) is 4.94. The lowest BCUT2D eigenvalue weighted by atomic mass is 10.2. The molecule has 0 bridgehead atoms. The number of nitrogens with zero attached hydrogens (tertiary/aromatic N) is 3. The van der Waals surface area contributed by atoms with E-state index in [2.05, 4.69) is 89.8 Å². The van der Waals surface area contributed by atoms with Crippen molar-refractivity contribution in [3.8, 4) is 16.3 Å². The van der Waals surface area contributed by atoms with E-state index in [1.54, 1.807) is 11.3 Å². The summed E-state index contributed by atoms with van der Waals surface area (Å²) < 4.78 is 5.78. The largest absolute Gasteiger partial charge is 0.259 e. The van der Waals surface area contributed by atoms with E-state index >= 15 is 0 Å². The molecule has 3 aromatic carbocycles. The summed E-state index contributed by atoms with van der Waals surface area (Å²) >= 11 is 1.74. The Balaban J connectivity index is 1.72. The lowest BCUT2D eigenvalue weighted by Crippen LogP contribution is -2.30. The van der Waals surface area contributed by atoms with Crippen molar-refractivity contribution in [2.75, 3.05) is 0 Å². The number of aromatic nitrogens is 3. The second-order valence-corrected chi connectivity index (χ2v) is 7.50. The highest BCUT2D eigenvalue weighted by Crippen LogP contribution is 2.32. The van der Waals surface area contributed by atoms with E-state index in [-0.39, 0.29) is 0 Å². The fraction of sp³-hybridized carbons (Fsp3) is 0.0909. The van der Waals surface area contributed by atoms with E-state index in [4.69, 9.17) is 4.98 Å². The van der Waals surface area contributed by atoms with Gasteiger partial charge in [-0.05, 0) is 42.5 Å². The van der Waals surface area contributed by atoms with Gasteiger partial charge in [0.1, 0.15) is 10.7 Å². The number of aryl methyl sites for hydroxylation is 1. The maximum atomic E-state index is 4.81. The Morgan fingerprint density at radius 3 is 2.50 bits per heavy atom. The molecule has 0 saturated heterocycles. The van der Waals surface area contributed by atoms with Crippen molar-refractivity contribution in [1.29, 1.82) is 0 Å². The fourth-order valence-electron chi connectivity index (χ4n) is 3.51. The van der Waals surface area contributed by atoms with Gasteiger partial charge in [-0.3, -0.25) is 0 Å². The third kappa shape index (κ3) is 2.26. The second-order valence-electron chi connectivity index (χ2n) is 6.47. The van der Waals surface area contributed by atoms with Crippen LogP contribution in [-0.2, 0) is 7.05 Å². The van der Waals surface area contributed by atoms with E-state index in [1.165, 1.54) is 32.8 Å². The van der Waals surface area contributed by atoms with Crippen molar-refractivity contribution in [1.82, 2.24) is 9.55 Å². The zero-order chi connectivity index (χ0) is 17.7. The molecule has 0 atom stereocenters. The van der Waals surface area contributed by atoms with Gasteiger partial charge in [-0.15, -0.1) is 11.3 Å². The molecule has 0 aliphatic carbocycles. The van der Waals surface area contributed by atoms with Gasteiger partial charge in [-0.1, -0.05) is 30.3 Å². The summed E-state index contributed by atoms with van der Waals surface area (Å²) in [5, 5.41) is 1.07. The summed E-state index contributed by atoms with van der Waals surface area (Å²) in [7, 11) is 2.12. The van der Waals surface area contributed by atoms with Gasteiger partial charge in [-0.25, -0.2) is 9.55 Å². The molecular formula is C22H18N3S+. The maximum Gasteiger partial charge on any atom is 0.259 e. The minimum absolute atomic E-state index is 1.06. The monoisotopic (exact) mass is 356 g/mol. The molecule has 5 aromatic rings. The molecule has 0 saturated carbocycles. The van der Waals surface area contributed by atoms with Crippen LogP contribution < -0.4 is 4.57 Å². The van der Waals surface area contributed by atoms with Crippen LogP contribution in [0.2, 0.25) is 0 Å². The smallest absolute Gasteiger partial charge is 0.236 e. The SMILES string of the molecule is Cc1n(-c2ccccc2)c2ccc(-c3nc4ccccc4s3)cc2[n+]1C. The quantitative estimate of drug-likeness (QED) is 0.406. The zero-order valence-electron chi connectivity index (χ0n) is 14.7. The number of benzene rings is 3. The van der Waals surface area contributed by atoms with Crippen molar-refractivity contribution in [3.05, 3.63) is 78.6 Å². The molecule has 0 spiro atoms. The van der Waals surface area contributed by atoms with Gasteiger partial charge in [0.05, 0.1) is 17.3 Å². The number of imidazole rings is 1. The number of hydrogen-bond donors (Lipinski definition) is 0. The van der Waals surface area contributed by atoms with Crippen LogP contribution >= 0.6 is 11.3 Å². The minimum atomic E-state index is 1.06. The molecule has 0 radical (unpaired) electrons. The van der Waals surface area contributed by atoms with Crippen molar-refractivity contribution in [3.63, 3.8) is 0 Å². The second kappa shape index (κ2) is 5.78. The van der Waals surface area contributed by atoms with Crippen LogP contribution in [0.5, 0.6) is 0 Å². The molecule has 5 rings (SSSR count). The van der Waals surface area contributed by atoms with Crippen LogP contribution in [0.1, 0.15) is 5.82 Å². The van der Waals surface area contributed by atoms with Gasteiger partial charge >= 0.3 is 0 Å². The molecule has 0 N–H and O–H groups in total. The first kappa shape index (κ1) is 15.3. The third-order valence-corrected chi connectivity index (χ3v) is 6.03. The van der Waals surface area contributed by atoms with Crippen LogP contribution in [0.15, 0.2) is 72.8 Å². The molecule has 0 fully saturated rings. The highest BCUT2D eigenvalue weighted by molar-refractivity contribution is 7.21. The van der Waals surface area contributed by atoms with Crippen LogP contribution in [0.3, 0.4) is 0 Å². The van der Waals surface area contributed by atoms with Gasteiger partial charge in [0, 0.05) is 12.5 Å². The summed E-state index contributed by atoms with van der Waals surface area (Å²) in [6.45, 7) is 2.16. The van der Waals surface area contributed by atoms with E-state index in [9.17, 15) is 0 Å². The normalized spacial score (nSPS) is 11.5. The van der Waals surface area contributed by atoms with E-state index < -0.39 is 0 Å². The number of rotatable bonds is 2. The highest BCUT2D eigenvalue weighted by atomic mass is 32.1. The van der Waals surface area contributed by atoms with Gasteiger partial charge < -0.3 is 0 Å². The molecule has 2 heterocycles. The molecule has 0 amide bonds. The molecular weight excluding hydrogens is 338 g/mol. The zero-order valence-corrected chi connectivity index (χ0v) is 15.5. The fourth-order valence-corrected chi connectivity index (χ4v) is 4.47. The van der Waals surface area contributed by atoms with Crippen LogP contribution in [0, 0.1) is 6.92 Å². The molecule has 0 unspecified atom stereocenters. The molecule has 3 nitrogen and oxygen atoms in total. The Bertz CT molecular complexity index is 1220. The summed E-state index contributed by atoms with van der Waals surface area (Å²) in [5.74, 6) is 1.20. The summed E-state index contributed by atoms with van der Waals surface area (Å²) in [6.07, 6.45) is 0. The molecule has 0 aliphatic heterocycles. The lowest BCUT2D eigenvalue weighted by Gasteiger charge is -1.99. The van der Waals surface area contributed by atoms with E-state index in [0.29, 0.717) is 0 Å². The lowest BCUT2D eigenvalue weighted by molar-refractivity contribution is -0.652. The molecule has 126 valence electrons. The number of fused-ring (bicyclic) bond motifs is 2. The highest BCUT2D eigenvalue weighted by Gasteiger charge is 2.21. The molecule has 26 heavy (non-hydrogen) atoms. The first-order valence-electron chi connectivity index (χ1n) is 8.65. The first-order chi connectivity index (χ1) is 12.7. The summed E-state index contributed by atoms with van der Waals surface area (Å²) in [5.41, 5.74) is 5.84. The van der Waals surface area contributed by atoms with E-state index in [1.807, 2.05) is 6.07 Å². The van der Waals surface area contributed by atoms with Gasteiger partial charge in [0.25, 0.3) is 5.82 Å². The van der Waals surface area contributed by atoms with E-state index in [0.717, 1.165) is 10.5 Å². The minimum Gasteiger partial charge on any atom is -0.236 e. The van der Waals surface area contributed by atoms with Crippen LogP contribution in [0.4, 0.5) is 0 Å². The average molecular weight is 356 g/mol. The van der Waals surface area contributed by atoms with Crippen molar-refractivity contribution in [2.24, 2.45) is 7.05 Å². The van der Waals surface area contributed by atoms with Crippen molar-refractivity contribution in [2.45, 2.75) is 6.92 Å². The standard InChI is InChI=1S/C22H18N3S/c1-15-24(2)20-14-16(22-23-18-10-6-7-11-21(18)26-22)12-13-19(20)25(15)17-8-4-3-5-9-17/h3-14H,1-2H3/q+1. The number of para-hydroxylation sites is 2. The predicted molar refractivity (Wildman–Crippen MR) is 108 cm³/mol. The van der Waals surface area contributed by atoms with Crippen LogP contribution in [0.25, 0.3) is 37.5 Å². The van der Waals surface area contributed by atoms with Gasteiger partial charge in [-0.2, -0.15) is 4.57 Å². The van der Waals surface area contributed by atoms with Crippen LogP contribution in [-0.4, -0.2) is 9.55 Å². The van der Waals surface area contributed by atoms with Crippen molar-refractivity contribution < 1.29 is 4.57 Å². The molecule has 4 heteroatoms. The van der Waals surface area contributed by atoms with Crippen molar-refractivity contribution >= 4 is 32.6 Å². The number of thiazole rings is 1. The predicted octanol–water partition coefficient (Wildman–Crippen LogP) is 5.04. The summed E-state index contributed by atoms with van der Waals surface area (Å²) in [6, 6.07) is 25.4. The topological polar surface area (TPSA) is 21.7 Å². The van der Waals surface area contributed by atoms with Gasteiger partial charge in [0.2, 0.25) is 0 Å². The Morgan fingerprint density at radius 2 is 1.69 bits per heavy atom. The Labute approximate surface area is 155 Å². The number of hydrogen-bond acceptors (Lipinski definition) is 2. The first-order valence-corrected chi connectivity index (χ1v) is 9.46. The van der Waals surface area contributed by atoms with Gasteiger partial charge in [0.15, 0.2) is 11.0 Å². The maximum absolute atomic E-state index is 4.81. The Morgan fingerprint density at radius 1 is 0.923 bits per heavy atom.